The van der Waals surface area contributed by atoms with Crippen molar-refractivity contribution in [3.63, 3.8) is 0 Å². The smallest absolute Gasteiger partial charge is 0.00768 e. The van der Waals surface area contributed by atoms with Gasteiger partial charge in [0.1, 0.15) is 0 Å². The number of hydrogen-bond donors (Lipinski definition) is 2. The molecular weight excluding hydrogens is 208 g/mol. The molecule has 94 valence electrons. The molecule has 0 radical (unpaired) electrons. The molecule has 0 heterocycles. The molecule has 2 nitrogen and oxygen atoms in total. The van der Waals surface area contributed by atoms with Crippen molar-refractivity contribution in [1.29, 1.82) is 0 Å². The molecule has 0 amide bonds. The highest BCUT2D eigenvalue weighted by Crippen LogP contribution is 2.25. The molecule has 2 N–H and O–H groups in total. The first kappa shape index (κ1) is 12.6. The topological polar surface area (TPSA) is 24.1 Å². The van der Waals surface area contributed by atoms with E-state index in [0.717, 1.165) is 32.1 Å². The fourth-order valence-corrected chi connectivity index (χ4v) is 2.58. The quantitative estimate of drug-likeness (QED) is 0.703. The summed E-state index contributed by atoms with van der Waals surface area (Å²) in [5, 5.41) is 6.97. The van der Waals surface area contributed by atoms with Crippen LogP contribution in [-0.2, 0) is 12.8 Å². The lowest BCUT2D eigenvalue weighted by Gasteiger charge is -2.10. The lowest BCUT2D eigenvalue weighted by molar-refractivity contribution is 0.491. The lowest BCUT2D eigenvalue weighted by atomic mass is 10.1. The first-order chi connectivity index (χ1) is 8.40. The Hall–Kier alpha value is -0.860. The van der Waals surface area contributed by atoms with Crippen LogP contribution in [0.2, 0.25) is 0 Å². The molecule has 0 spiro atoms. The van der Waals surface area contributed by atoms with Crippen LogP contribution in [0.4, 0.5) is 0 Å². The maximum Gasteiger partial charge on any atom is 0.00768 e. The van der Waals surface area contributed by atoms with Gasteiger partial charge < -0.3 is 10.6 Å². The summed E-state index contributed by atoms with van der Waals surface area (Å²) < 4.78 is 0. The number of benzene rings is 1. The number of hydrogen-bond acceptors (Lipinski definition) is 2. The van der Waals surface area contributed by atoms with Gasteiger partial charge in [0.05, 0.1) is 0 Å². The molecule has 2 heteroatoms. The van der Waals surface area contributed by atoms with Crippen LogP contribution in [0.1, 0.15) is 24.5 Å². The first-order valence-electron chi connectivity index (χ1n) is 6.88. The van der Waals surface area contributed by atoms with Crippen molar-refractivity contribution in [2.45, 2.75) is 26.2 Å². The molecule has 1 aliphatic rings. The molecule has 0 fully saturated rings. The van der Waals surface area contributed by atoms with Crippen LogP contribution in [0.3, 0.4) is 0 Å². The van der Waals surface area contributed by atoms with Crippen molar-refractivity contribution in [2.75, 3.05) is 26.2 Å². The van der Waals surface area contributed by atoms with Gasteiger partial charge in [-0.3, -0.25) is 0 Å². The third kappa shape index (κ3) is 3.83. The minimum absolute atomic E-state index is 0.804. The molecule has 0 saturated carbocycles. The van der Waals surface area contributed by atoms with Gasteiger partial charge in [0.25, 0.3) is 0 Å². The van der Waals surface area contributed by atoms with Gasteiger partial charge in [0.2, 0.25) is 0 Å². The van der Waals surface area contributed by atoms with E-state index in [2.05, 4.69) is 41.8 Å². The van der Waals surface area contributed by atoms with E-state index in [9.17, 15) is 0 Å². The van der Waals surface area contributed by atoms with Crippen molar-refractivity contribution in [1.82, 2.24) is 10.6 Å². The maximum absolute atomic E-state index is 3.56. The molecule has 2 rings (SSSR count). The summed E-state index contributed by atoms with van der Waals surface area (Å²) in [5.41, 5.74) is 3.12. The van der Waals surface area contributed by atoms with Gasteiger partial charge in [-0.15, -0.1) is 0 Å². The molecule has 17 heavy (non-hydrogen) atoms. The normalized spacial score (nSPS) is 15.1. The Labute approximate surface area is 105 Å². The van der Waals surface area contributed by atoms with E-state index < -0.39 is 0 Å². The summed E-state index contributed by atoms with van der Waals surface area (Å²) in [6, 6.07) is 8.86. The minimum Gasteiger partial charge on any atom is -0.315 e. The summed E-state index contributed by atoms with van der Waals surface area (Å²) in [6.45, 7) is 6.68. The largest absolute Gasteiger partial charge is 0.315 e. The highest BCUT2D eigenvalue weighted by molar-refractivity contribution is 5.32. The van der Waals surface area contributed by atoms with E-state index in [1.54, 1.807) is 11.1 Å². The van der Waals surface area contributed by atoms with Crippen LogP contribution in [0.15, 0.2) is 24.3 Å². The predicted molar refractivity (Wildman–Crippen MR) is 73.4 cm³/mol. The molecule has 0 bridgehead atoms. The van der Waals surface area contributed by atoms with Crippen LogP contribution in [-0.4, -0.2) is 26.2 Å². The Morgan fingerprint density at radius 2 is 1.65 bits per heavy atom. The average molecular weight is 232 g/mol. The van der Waals surface area contributed by atoms with Crippen LogP contribution < -0.4 is 10.6 Å². The predicted octanol–water partition coefficient (Wildman–Crippen LogP) is 1.99. The molecule has 0 atom stereocenters. The zero-order valence-corrected chi connectivity index (χ0v) is 10.8. The SMILES string of the molecule is CCCNCCNCC1Cc2ccccc2C1. The fraction of sp³-hybridized carbons (Fsp3) is 0.600. The summed E-state index contributed by atoms with van der Waals surface area (Å²) in [4.78, 5) is 0. The Morgan fingerprint density at radius 1 is 1.00 bits per heavy atom. The van der Waals surface area contributed by atoms with Gasteiger partial charge in [-0.1, -0.05) is 31.2 Å². The summed E-state index contributed by atoms with van der Waals surface area (Å²) in [5.74, 6) is 0.804. The second-order valence-electron chi connectivity index (χ2n) is 5.00. The maximum atomic E-state index is 3.56. The Kier molecular flexibility index (Phi) is 5.02. The molecule has 0 aliphatic heterocycles. The minimum atomic E-state index is 0.804. The average Bonchev–Trinajstić information content (AvgIpc) is 2.76. The second kappa shape index (κ2) is 6.77. The van der Waals surface area contributed by atoms with E-state index in [1.807, 2.05) is 0 Å². The van der Waals surface area contributed by atoms with E-state index in [-0.39, 0.29) is 0 Å². The first-order valence-corrected chi connectivity index (χ1v) is 6.88. The number of fused-ring (bicyclic) bond motifs is 1. The highest BCUT2D eigenvalue weighted by atomic mass is 14.9. The number of rotatable bonds is 7. The van der Waals surface area contributed by atoms with Crippen molar-refractivity contribution in [2.24, 2.45) is 5.92 Å². The van der Waals surface area contributed by atoms with Gasteiger partial charge in [0.15, 0.2) is 0 Å². The van der Waals surface area contributed by atoms with E-state index >= 15 is 0 Å². The monoisotopic (exact) mass is 232 g/mol. The summed E-state index contributed by atoms with van der Waals surface area (Å²) >= 11 is 0. The highest BCUT2D eigenvalue weighted by Gasteiger charge is 2.19. The molecule has 1 aromatic rings. The number of nitrogens with one attached hydrogen (secondary N) is 2. The molecule has 0 saturated heterocycles. The third-order valence-corrected chi connectivity index (χ3v) is 3.47. The van der Waals surface area contributed by atoms with Crippen molar-refractivity contribution >= 4 is 0 Å². The molecular formula is C15H24N2. The van der Waals surface area contributed by atoms with Gasteiger partial charge in [-0.2, -0.15) is 0 Å². The fourth-order valence-electron chi connectivity index (χ4n) is 2.58. The van der Waals surface area contributed by atoms with E-state index in [0.29, 0.717) is 0 Å². The zero-order chi connectivity index (χ0) is 11.9. The standard InChI is InChI=1S/C15H24N2/c1-2-7-16-8-9-17-12-13-10-14-5-3-4-6-15(14)11-13/h3-6,13,16-17H,2,7-12H2,1H3. The van der Waals surface area contributed by atoms with Gasteiger partial charge >= 0.3 is 0 Å². The van der Waals surface area contributed by atoms with Crippen molar-refractivity contribution in [3.8, 4) is 0 Å². The molecule has 0 unspecified atom stereocenters. The van der Waals surface area contributed by atoms with Crippen LogP contribution >= 0.6 is 0 Å². The molecule has 1 aliphatic carbocycles. The van der Waals surface area contributed by atoms with Crippen molar-refractivity contribution in [3.05, 3.63) is 35.4 Å². The summed E-state index contributed by atoms with van der Waals surface area (Å²) in [6.07, 6.45) is 3.73. The molecule has 0 aromatic heterocycles. The molecule has 1 aromatic carbocycles. The van der Waals surface area contributed by atoms with Gasteiger partial charge in [0, 0.05) is 13.1 Å². The van der Waals surface area contributed by atoms with Gasteiger partial charge in [-0.05, 0) is 49.4 Å². The van der Waals surface area contributed by atoms with E-state index in [1.165, 1.54) is 19.3 Å². The van der Waals surface area contributed by atoms with Gasteiger partial charge in [-0.25, -0.2) is 0 Å². The third-order valence-electron chi connectivity index (χ3n) is 3.47. The van der Waals surface area contributed by atoms with Crippen molar-refractivity contribution < 1.29 is 0 Å². The van der Waals surface area contributed by atoms with Crippen LogP contribution in [0, 0.1) is 5.92 Å². The second-order valence-corrected chi connectivity index (χ2v) is 5.00. The van der Waals surface area contributed by atoms with Crippen LogP contribution in [0.5, 0.6) is 0 Å². The van der Waals surface area contributed by atoms with E-state index in [4.69, 9.17) is 0 Å². The Bertz CT molecular complexity index is 310. The summed E-state index contributed by atoms with van der Waals surface area (Å²) in [7, 11) is 0. The Morgan fingerprint density at radius 3 is 2.29 bits per heavy atom. The zero-order valence-electron chi connectivity index (χ0n) is 10.8. The van der Waals surface area contributed by atoms with Crippen LogP contribution in [0.25, 0.3) is 0 Å². The Balaban J connectivity index is 1.60. The lowest BCUT2D eigenvalue weighted by Crippen LogP contribution is -2.31.